The molecule has 8 nitrogen and oxygen atoms in total. The molecule has 1 amide bonds. The Balaban J connectivity index is 1.78. The number of benzene rings is 1. The normalized spacial score (nSPS) is 10.4. The van der Waals surface area contributed by atoms with Gasteiger partial charge in [-0.05, 0) is 24.1 Å². The van der Waals surface area contributed by atoms with Crippen LogP contribution >= 0.6 is 0 Å². The van der Waals surface area contributed by atoms with Crippen LogP contribution in [0.3, 0.4) is 0 Å². The van der Waals surface area contributed by atoms with Crippen LogP contribution in [0, 0.1) is 5.82 Å². The van der Waals surface area contributed by atoms with Crippen molar-refractivity contribution in [3.05, 3.63) is 41.5 Å². The number of nitrogens with one attached hydrogen (secondary N) is 1. The minimum absolute atomic E-state index is 0.148. The summed E-state index contributed by atoms with van der Waals surface area (Å²) in [6.07, 6.45) is 2.03. The van der Waals surface area contributed by atoms with E-state index in [4.69, 9.17) is 9.84 Å². The van der Waals surface area contributed by atoms with Gasteiger partial charge in [-0.15, -0.1) is 5.10 Å². The zero-order chi connectivity index (χ0) is 17.5. The van der Waals surface area contributed by atoms with E-state index in [0.29, 0.717) is 17.7 Å². The first-order valence-corrected chi connectivity index (χ1v) is 7.18. The lowest BCUT2D eigenvalue weighted by molar-refractivity contribution is -0.138. The molecule has 0 aliphatic heterocycles. The molecule has 0 fully saturated rings. The van der Waals surface area contributed by atoms with Crippen LogP contribution in [0.2, 0.25) is 0 Å². The second-order valence-corrected chi connectivity index (χ2v) is 5.05. The SMILES string of the molecule is COc1ccc(CCC(=O)NCc2cn(CC(=O)O)nn2)cc1F. The summed E-state index contributed by atoms with van der Waals surface area (Å²) in [6, 6.07) is 4.56. The van der Waals surface area contributed by atoms with Crippen molar-refractivity contribution in [3.8, 4) is 5.75 Å². The van der Waals surface area contributed by atoms with Crippen LogP contribution in [0.5, 0.6) is 5.75 Å². The van der Waals surface area contributed by atoms with Gasteiger partial charge >= 0.3 is 5.97 Å². The van der Waals surface area contributed by atoms with Gasteiger partial charge in [0.25, 0.3) is 0 Å². The van der Waals surface area contributed by atoms with E-state index in [1.807, 2.05) is 0 Å². The molecule has 128 valence electrons. The van der Waals surface area contributed by atoms with Gasteiger partial charge in [-0.2, -0.15) is 0 Å². The molecule has 24 heavy (non-hydrogen) atoms. The first-order chi connectivity index (χ1) is 11.5. The van der Waals surface area contributed by atoms with Crippen LogP contribution in [-0.2, 0) is 29.1 Å². The third-order valence-corrected chi connectivity index (χ3v) is 3.21. The Morgan fingerprint density at radius 2 is 2.21 bits per heavy atom. The van der Waals surface area contributed by atoms with E-state index in [2.05, 4.69) is 15.6 Å². The van der Waals surface area contributed by atoms with Crippen LogP contribution < -0.4 is 10.1 Å². The molecule has 2 aromatic rings. The number of aliphatic carboxylic acids is 1. The predicted molar refractivity (Wildman–Crippen MR) is 80.8 cm³/mol. The lowest BCUT2D eigenvalue weighted by Gasteiger charge is -2.06. The Labute approximate surface area is 137 Å². The van der Waals surface area contributed by atoms with Gasteiger partial charge in [-0.25, -0.2) is 9.07 Å². The van der Waals surface area contributed by atoms with Gasteiger partial charge in [0.05, 0.1) is 19.9 Å². The largest absolute Gasteiger partial charge is 0.494 e. The average molecular weight is 336 g/mol. The van der Waals surface area contributed by atoms with E-state index in [1.54, 1.807) is 6.07 Å². The number of ether oxygens (including phenoxy) is 1. The van der Waals surface area contributed by atoms with Gasteiger partial charge in [0.1, 0.15) is 12.2 Å². The van der Waals surface area contributed by atoms with Gasteiger partial charge in [-0.3, -0.25) is 9.59 Å². The molecule has 0 saturated carbocycles. The number of aryl methyl sites for hydroxylation is 1. The Morgan fingerprint density at radius 1 is 1.42 bits per heavy atom. The number of rotatable bonds is 8. The van der Waals surface area contributed by atoms with Crippen molar-refractivity contribution < 1.29 is 23.8 Å². The summed E-state index contributed by atoms with van der Waals surface area (Å²) >= 11 is 0. The summed E-state index contributed by atoms with van der Waals surface area (Å²) in [5.74, 6) is -1.56. The van der Waals surface area contributed by atoms with Gasteiger partial charge in [0.2, 0.25) is 5.91 Å². The standard InChI is InChI=1S/C15H17FN4O4/c1-24-13-4-2-10(6-12(13)16)3-5-14(21)17-7-11-8-20(19-18-11)9-15(22)23/h2,4,6,8H,3,5,7,9H2,1H3,(H,17,21)(H,22,23). The number of hydrogen-bond donors (Lipinski definition) is 2. The molecule has 0 atom stereocenters. The molecule has 0 saturated heterocycles. The van der Waals surface area contributed by atoms with Crippen molar-refractivity contribution >= 4 is 11.9 Å². The second kappa shape index (κ2) is 8.04. The molecule has 0 aliphatic rings. The summed E-state index contributed by atoms with van der Waals surface area (Å²) in [6.45, 7) is -0.139. The van der Waals surface area contributed by atoms with Gasteiger partial charge in [0, 0.05) is 6.42 Å². The van der Waals surface area contributed by atoms with Crippen LogP contribution in [0.4, 0.5) is 4.39 Å². The highest BCUT2D eigenvalue weighted by atomic mass is 19.1. The summed E-state index contributed by atoms with van der Waals surface area (Å²) in [5.41, 5.74) is 1.15. The molecule has 0 unspecified atom stereocenters. The molecule has 0 bridgehead atoms. The smallest absolute Gasteiger partial charge is 0.325 e. The first kappa shape index (κ1) is 17.4. The zero-order valence-corrected chi connectivity index (χ0v) is 13.0. The van der Waals surface area contributed by atoms with E-state index < -0.39 is 11.8 Å². The maximum atomic E-state index is 13.6. The molecule has 2 rings (SSSR count). The number of carbonyl (C=O) groups is 2. The van der Waals surface area contributed by atoms with E-state index in [9.17, 15) is 14.0 Å². The van der Waals surface area contributed by atoms with Crippen molar-refractivity contribution in [1.82, 2.24) is 20.3 Å². The Bertz CT molecular complexity index is 732. The molecular weight excluding hydrogens is 319 g/mol. The van der Waals surface area contributed by atoms with Gasteiger partial charge in [-0.1, -0.05) is 11.3 Å². The number of hydrogen-bond acceptors (Lipinski definition) is 5. The maximum absolute atomic E-state index is 13.6. The first-order valence-electron chi connectivity index (χ1n) is 7.18. The van der Waals surface area contributed by atoms with Crippen molar-refractivity contribution in [3.63, 3.8) is 0 Å². The third-order valence-electron chi connectivity index (χ3n) is 3.21. The van der Waals surface area contributed by atoms with Crippen molar-refractivity contribution in [1.29, 1.82) is 0 Å². The molecule has 0 spiro atoms. The van der Waals surface area contributed by atoms with Crippen LogP contribution in [0.1, 0.15) is 17.7 Å². The van der Waals surface area contributed by atoms with E-state index >= 15 is 0 Å². The Morgan fingerprint density at radius 3 is 2.88 bits per heavy atom. The predicted octanol–water partition coefficient (Wildman–Crippen LogP) is 0.759. The summed E-state index contributed by atoms with van der Waals surface area (Å²) < 4.78 is 19.6. The van der Waals surface area contributed by atoms with Gasteiger partial charge in [0.15, 0.2) is 11.6 Å². The Kier molecular flexibility index (Phi) is 5.83. The number of halogens is 1. The second-order valence-electron chi connectivity index (χ2n) is 5.05. The fourth-order valence-corrected chi connectivity index (χ4v) is 2.04. The lowest BCUT2D eigenvalue weighted by atomic mass is 10.1. The quantitative estimate of drug-likeness (QED) is 0.737. The average Bonchev–Trinajstić information content (AvgIpc) is 2.97. The number of aromatic nitrogens is 3. The van der Waals surface area contributed by atoms with Crippen LogP contribution in [-0.4, -0.2) is 39.1 Å². The molecule has 1 heterocycles. The summed E-state index contributed by atoms with van der Waals surface area (Å²) in [7, 11) is 1.39. The van der Waals surface area contributed by atoms with E-state index in [-0.39, 0.29) is 31.2 Å². The number of methoxy groups -OCH3 is 1. The topological polar surface area (TPSA) is 106 Å². The fourth-order valence-electron chi connectivity index (χ4n) is 2.04. The molecule has 0 radical (unpaired) electrons. The highest BCUT2D eigenvalue weighted by Crippen LogP contribution is 2.18. The molecule has 0 aliphatic carbocycles. The van der Waals surface area contributed by atoms with E-state index in [0.717, 1.165) is 0 Å². The number of carbonyl (C=O) groups excluding carboxylic acids is 1. The fraction of sp³-hybridized carbons (Fsp3) is 0.333. The highest BCUT2D eigenvalue weighted by Gasteiger charge is 2.08. The third kappa shape index (κ3) is 5.04. The van der Waals surface area contributed by atoms with Crippen molar-refractivity contribution in [2.45, 2.75) is 25.9 Å². The van der Waals surface area contributed by atoms with Crippen LogP contribution in [0.25, 0.3) is 0 Å². The number of carboxylic acids is 1. The van der Waals surface area contributed by atoms with E-state index in [1.165, 1.54) is 30.1 Å². The number of carboxylic acid groups (broad SMARTS) is 1. The molecule has 9 heteroatoms. The van der Waals surface area contributed by atoms with Gasteiger partial charge < -0.3 is 15.2 Å². The molecule has 1 aromatic carbocycles. The monoisotopic (exact) mass is 336 g/mol. The summed E-state index contributed by atoms with van der Waals surface area (Å²) in [4.78, 5) is 22.3. The lowest BCUT2D eigenvalue weighted by Crippen LogP contribution is -2.23. The zero-order valence-electron chi connectivity index (χ0n) is 13.0. The number of amides is 1. The molecule has 1 aromatic heterocycles. The Hall–Kier alpha value is -2.97. The summed E-state index contributed by atoms with van der Waals surface area (Å²) in [5, 5.41) is 18.7. The highest BCUT2D eigenvalue weighted by molar-refractivity contribution is 5.76. The maximum Gasteiger partial charge on any atom is 0.325 e. The van der Waals surface area contributed by atoms with Crippen molar-refractivity contribution in [2.75, 3.05) is 7.11 Å². The van der Waals surface area contributed by atoms with Crippen LogP contribution in [0.15, 0.2) is 24.4 Å². The van der Waals surface area contributed by atoms with Crippen molar-refractivity contribution in [2.24, 2.45) is 0 Å². The molecule has 2 N–H and O–H groups in total. The minimum atomic E-state index is -1.03. The molecular formula is C15H17FN4O4. The number of nitrogens with zero attached hydrogens (tertiary/aromatic N) is 3. The minimum Gasteiger partial charge on any atom is -0.494 e.